The Morgan fingerprint density at radius 3 is 1.82 bits per heavy atom. The second kappa shape index (κ2) is 10.2. The van der Waals surface area contributed by atoms with Gasteiger partial charge in [-0.15, -0.1) is 0 Å². The Balaban J connectivity index is 1.17. The average molecular weight is 578 g/mol. The molecule has 6 aromatic carbocycles. The zero-order valence-electron chi connectivity index (χ0n) is 24.8. The first-order chi connectivity index (χ1) is 22.3. The predicted molar refractivity (Wildman–Crippen MR) is 186 cm³/mol. The van der Waals surface area contributed by atoms with Crippen LogP contribution in [-0.4, -0.2) is 0 Å². The molecule has 0 atom stereocenters. The third-order valence-electron chi connectivity index (χ3n) is 9.64. The molecule has 7 aromatic rings. The van der Waals surface area contributed by atoms with Crippen LogP contribution in [0.25, 0.3) is 38.8 Å². The third-order valence-corrected chi connectivity index (χ3v) is 9.64. The van der Waals surface area contributed by atoms with Gasteiger partial charge in [-0.1, -0.05) is 127 Å². The summed E-state index contributed by atoms with van der Waals surface area (Å²) in [6, 6.07) is 54.5. The summed E-state index contributed by atoms with van der Waals surface area (Å²) in [6.45, 7) is 0. The van der Waals surface area contributed by atoms with E-state index < -0.39 is 5.41 Å². The summed E-state index contributed by atoms with van der Waals surface area (Å²) in [7, 11) is 0. The molecule has 1 aromatic heterocycles. The highest BCUT2D eigenvalue weighted by Gasteiger charge is 2.49. The van der Waals surface area contributed by atoms with Crippen molar-refractivity contribution in [3.63, 3.8) is 0 Å². The first-order valence-corrected chi connectivity index (χ1v) is 15.7. The fourth-order valence-corrected chi connectivity index (χ4v) is 7.68. The Hall–Kier alpha value is -5.60. The van der Waals surface area contributed by atoms with Crippen LogP contribution in [0.15, 0.2) is 162 Å². The molecule has 0 radical (unpaired) electrons. The minimum Gasteiger partial charge on any atom is -0.456 e. The standard InChI is InChI=1S/C43H31NO/c1-2-11-29(12-3-1)30-21-25-32(26-22-30)44-33-27-23-31(24-28-33)43(38-17-7-4-13-34(38)35-14-5-8-18-39(35)43)40-19-10-16-37-36-15-6-9-20-41(36)45-42(37)40/h1-9,11-15,17-28,44H,10,16H2. The Labute approximate surface area is 263 Å². The first-order valence-electron chi connectivity index (χ1n) is 15.7. The summed E-state index contributed by atoms with van der Waals surface area (Å²) in [5.41, 5.74) is 14.0. The van der Waals surface area contributed by atoms with Crippen LogP contribution in [0.4, 0.5) is 11.4 Å². The van der Waals surface area contributed by atoms with Crippen LogP contribution in [0.5, 0.6) is 0 Å². The number of rotatable bonds is 5. The summed E-state index contributed by atoms with van der Waals surface area (Å²) in [5.74, 6) is 1.02. The van der Waals surface area contributed by atoms with E-state index in [0.29, 0.717) is 0 Å². The maximum Gasteiger partial charge on any atom is 0.135 e. The Morgan fingerprint density at radius 1 is 0.533 bits per heavy atom. The van der Waals surface area contributed by atoms with Gasteiger partial charge in [0.2, 0.25) is 0 Å². The van der Waals surface area contributed by atoms with E-state index in [-0.39, 0.29) is 0 Å². The lowest BCUT2D eigenvalue weighted by atomic mass is 9.65. The second-order valence-electron chi connectivity index (χ2n) is 12.0. The van der Waals surface area contributed by atoms with Gasteiger partial charge in [-0.25, -0.2) is 0 Å². The molecule has 1 heterocycles. The van der Waals surface area contributed by atoms with Crippen molar-refractivity contribution in [2.45, 2.75) is 18.3 Å². The SMILES string of the molecule is C1=C(C2(c3ccc(Nc4ccc(-c5ccccc5)cc4)cc3)c3ccccc3-c3ccccc32)c2oc3ccccc3c2CC1. The molecule has 0 fully saturated rings. The van der Waals surface area contributed by atoms with Gasteiger partial charge in [0.1, 0.15) is 11.3 Å². The van der Waals surface area contributed by atoms with Gasteiger partial charge in [0.25, 0.3) is 0 Å². The number of hydrogen-bond donors (Lipinski definition) is 1. The Kier molecular flexibility index (Phi) is 5.89. The van der Waals surface area contributed by atoms with Crippen LogP contribution < -0.4 is 5.32 Å². The number of furan rings is 1. The fourth-order valence-electron chi connectivity index (χ4n) is 7.68. The molecule has 0 unspecified atom stereocenters. The van der Waals surface area contributed by atoms with Crippen molar-refractivity contribution in [2.24, 2.45) is 0 Å². The van der Waals surface area contributed by atoms with Gasteiger partial charge >= 0.3 is 0 Å². The van der Waals surface area contributed by atoms with E-state index in [4.69, 9.17) is 4.42 Å². The number of allylic oxidation sites excluding steroid dienone is 2. The van der Waals surface area contributed by atoms with E-state index in [1.54, 1.807) is 0 Å². The lowest BCUT2D eigenvalue weighted by Crippen LogP contribution is -2.30. The molecule has 2 heteroatoms. The smallest absolute Gasteiger partial charge is 0.135 e. The molecule has 2 aliphatic carbocycles. The summed E-state index contributed by atoms with van der Waals surface area (Å²) >= 11 is 0. The number of hydrogen-bond acceptors (Lipinski definition) is 2. The largest absolute Gasteiger partial charge is 0.456 e. The van der Waals surface area contributed by atoms with Crippen LogP contribution in [0.1, 0.15) is 34.4 Å². The highest BCUT2D eigenvalue weighted by Crippen LogP contribution is 2.60. The van der Waals surface area contributed by atoms with Gasteiger partial charge in [-0.2, -0.15) is 0 Å². The zero-order chi connectivity index (χ0) is 29.8. The van der Waals surface area contributed by atoms with Gasteiger partial charge in [0.15, 0.2) is 0 Å². The van der Waals surface area contributed by atoms with Crippen molar-refractivity contribution in [1.82, 2.24) is 0 Å². The Bertz CT molecular complexity index is 2170. The highest BCUT2D eigenvalue weighted by molar-refractivity contribution is 5.98. The van der Waals surface area contributed by atoms with Crippen molar-refractivity contribution >= 4 is 27.9 Å². The van der Waals surface area contributed by atoms with Gasteiger partial charge in [-0.05, 0) is 82.1 Å². The van der Waals surface area contributed by atoms with E-state index in [2.05, 4.69) is 163 Å². The quantitative estimate of drug-likeness (QED) is 0.220. The molecule has 214 valence electrons. The molecule has 0 saturated heterocycles. The molecular formula is C43H31NO. The normalized spacial score (nSPS) is 14.4. The van der Waals surface area contributed by atoms with Crippen molar-refractivity contribution in [1.29, 1.82) is 0 Å². The topological polar surface area (TPSA) is 25.2 Å². The molecule has 2 aliphatic rings. The summed E-state index contributed by atoms with van der Waals surface area (Å²) in [6.07, 6.45) is 4.40. The predicted octanol–water partition coefficient (Wildman–Crippen LogP) is 11.2. The monoisotopic (exact) mass is 577 g/mol. The van der Waals surface area contributed by atoms with Gasteiger partial charge in [0.05, 0.1) is 5.41 Å². The fraction of sp³-hybridized carbons (Fsp3) is 0.0698. The molecule has 0 spiro atoms. The van der Waals surface area contributed by atoms with Crippen molar-refractivity contribution in [3.05, 3.63) is 186 Å². The highest BCUT2D eigenvalue weighted by atomic mass is 16.3. The van der Waals surface area contributed by atoms with Crippen LogP contribution in [0.3, 0.4) is 0 Å². The maximum absolute atomic E-state index is 6.76. The average Bonchev–Trinajstić information content (AvgIpc) is 3.64. The number of aryl methyl sites for hydroxylation is 1. The van der Waals surface area contributed by atoms with Crippen molar-refractivity contribution < 1.29 is 4.42 Å². The van der Waals surface area contributed by atoms with E-state index >= 15 is 0 Å². The first kappa shape index (κ1) is 25.9. The number of anilines is 2. The third kappa shape index (κ3) is 3.96. The molecule has 0 amide bonds. The van der Waals surface area contributed by atoms with E-state index in [1.807, 2.05) is 0 Å². The number of para-hydroxylation sites is 1. The van der Waals surface area contributed by atoms with Crippen LogP contribution in [-0.2, 0) is 11.8 Å². The number of fused-ring (bicyclic) bond motifs is 6. The van der Waals surface area contributed by atoms with Crippen molar-refractivity contribution in [3.8, 4) is 22.3 Å². The lowest BCUT2D eigenvalue weighted by Gasteiger charge is -2.36. The van der Waals surface area contributed by atoms with E-state index in [1.165, 1.54) is 55.5 Å². The molecule has 45 heavy (non-hydrogen) atoms. The molecule has 0 bridgehead atoms. The summed E-state index contributed by atoms with van der Waals surface area (Å²) < 4.78 is 6.76. The maximum atomic E-state index is 6.76. The lowest BCUT2D eigenvalue weighted by molar-refractivity contribution is 0.576. The van der Waals surface area contributed by atoms with Gasteiger partial charge in [-0.3, -0.25) is 0 Å². The second-order valence-corrected chi connectivity index (χ2v) is 12.0. The zero-order valence-corrected chi connectivity index (χ0v) is 24.8. The van der Waals surface area contributed by atoms with E-state index in [9.17, 15) is 0 Å². The molecule has 9 rings (SSSR count). The van der Waals surface area contributed by atoms with Crippen LogP contribution in [0.2, 0.25) is 0 Å². The number of nitrogens with one attached hydrogen (secondary N) is 1. The van der Waals surface area contributed by atoms with Gasteiger partial charge < -0.3 is 9.73 Å². The summed E-state index contributed by atoms with van der Waals surface area (Å²) in [4.78, 5) is 0. The molecule has 0 saturated carbocycles. The van der Waals surface area contributed by atoms with Crippen molar-refractivity contribution in [2.75, 3.05) is 5.32 Å². The molecule has 0 aliphatic heterocycles. The Morgan fingerprint density at radius 2 is 1.11 bits per heavy atom. The molecular weight excluding hydrogens is 546 g/mol. The van der Waals surface area contributed by atoms with Crippen LogP contribution >= 0.6 is 0 Å². The minimum atomic E-state index is -0.494. The van der Waals surface area contributed by atoms with Gasteiger partial charge in [0, 0.05) is 27.9 Å². The van der Waals surface area contributed by atoms with E-state index in [0.717, 1.165) is 35.6 Å². The summed E-state index contributed by atoms with van der Waals surface area (Å²) in [5, 5.41) is 4.86. The van der Waals surface area contributed by atoms with Crippen LogP contribution in [0, 0.1) is 0 Å². The minimum absolute atomic E-state index is 0.494. The number of benzene rings is 6. The molecule has 1 N–H and O–H groups in total. The molecule has 2 nitrogen and oxygen atoms in total.